The van der Waals surface area contributed by atoms with Gasteiger partial charge in [0.15, 0.2) is 10.8 Å². The van der Waals surface area contributed by atoms with Gasteiger partial charge in [0.2, 0.25) is 10.0 Å². The van der Waals surface area contributed by atoms with Crippen molar-refractivity contribution in [3.05, 3.63) is 87.9 Å². The van der Waals surface area contributed by atoms with E-state index in [0.717, 1.165) is 12.1 Å². The largest absolute Gasteiger partial charge is 0.416 e. The Labute approximate surface area is 223 Å². The van der Waals surface area contributed by atoms with Crippen LogP contribution in [0.5, 0.6) is 0 Å². The van der Waals surface area contributed by atoms with Crippen LogP contribution < -0.4 is 20.8 Å². The smallest absolute Gasteiger partial charge is 0.330 e. The van der Waals surface area contributed by atoms with Crippen LogP contribution in [0.2, 0.25) is 0 Å². The van der Waals surface area contributed by atoms with Crippen LogP contribution in [0.1, 0.15) is 16.7 Å². The molecule has 0 unspecified atom stereocenters. The fourth-order valence-electron chi connectivity index (χ4n) is 3.69. The number of nitrogens with two attached hydrogens (primary N) is 1. The number of sulfonamides is 1. The van der Waals surface area contributed by atoms with Crippen LogP contribution in [0, 0.1) is 0 Å². The number of thiocarbonyl (C=S) groups is 1. The average molecular weight is 612 g/mol. The lowest BCUT2D eigenvalue weighted by Crippen LogP contribution is -2.32. The van der Waals surface area contributed by atoms with Gasteiger partial charge in [-0.1, -0.05) is 36.4 Å². The molecule has 0 fully saturated rings. The standard InChI is InChI=1S/C23H17BrF3N5O3S2/c24-16-8-4-7-15-19(30-31-22(36)29-17-9-1-2-10-18(17)37(28,34)35)21(33)32(20(15)16)12-13-5-3-6-14(11-13)23(25,26)27/h1-11H,12H2,(H2,28,34,35)(H2,29,31,36). The molecule has 1 amide bonds. The van der Waals surface area contributed by atoms with Crippen molar-refractivity contribution in [2.45, 2.75) is 17.6 Å². The van der Waals surface area contributed by atoms with E-state index >= 15 is 0 Å². The molecule has 1 aliphatic heterocycles. The van der Waals surface area contributed by atoms with Gasteiger partial charge < -0.3 is 10.2 Å². The summed E-state index contributed by atoms with van der Waals surface area (Å²) in [6.07, 6.45) is -4.52. The molecule has 0 atom stereocenters. The van der Waals surface area contributed by atoms with E-state index in [1.54, 1.807) is 24.3 Å². The minimum Gasteiger partial charge on any atom is -0.330 e. The van der Waals surface area contributed by atoms with Gasteiger partial charge in [-0.25, -0.2) is 13.6 Å². The maximum Gasteiger partial charge on any atom is 0.416 e. The maximum absolute atomic E-state index is 13.3. The highest BCUT2D eigenvalue weighted by molar-refractivity contribution is 9.10. The van der Waals surface area contributed by atoms with Gasteiger partial charge in [-0.3, -0.25) is 10.2 Å². The lowest BCUT2D eigenvalue weighted by molar-refractivity contribution is -0.137. The van der Waals surface area contributed by atoms with Crippen LogP contribution in [0.15, 0.2) is 81.2 Å². The minimum absolute atomic E-state index is 0.0350. The molecular weight excluding hydrogens is 595 g/mol. The monoisotopic (exact) mass is 611 g/mol. The van der Waals surface area contributed by atoms with Crippen LogP contribution in [0.4, 0.5) is 24.5 Å². The molecule has 8 nitrogen and oxygen atoms in total. The first-order chi connectivity index (χ1) is 17.4. The third-order valence-corrected chi connectivity index (χ3v) is 7.07. The summed E-state index contributed by atoms with van der Waals surface area (Å²) in [4.78, 5) is 14.4. The molecule has 37 heavy (non-hydrogen) atoms. The number of hydrogen-bond acceptors (Lipinski definition) is 5. The minimum atomic E-state index is -4.52. The van der Waals surface area contributed by atoms with Gasteiger partial charge in [0, 0.05) is 10.0 Å². The molecule has 0 radical (unpaired) electrons. The molecule has 14 heteroatoms. The lowest BCUT2D eigenvalue weighted by atomic mass is 10.1. The van der Waals surface area contributed by atoms with Crippen LogP contribution in [0.3, 0.4) is 0 Å². The van der Waals surface area contributed by atoms with Gasteiger partial charge >= 0.3 is 6.18 Å². The lowest BCUT2D eigenvalue weighted by Gasteiger charge is -2.19. The highest BCUT2D eigenvalue weighted by atomic mass is 79.9. The number of primary sulfonamides is 1. The van der Waals surface area contributed by atoms with Crippen molar-refractivity contribution in [1.29, 1.82) is 0 Å². The van der Waals surface area contributed by atoms with Crippen molar-refractivity contribution >= 4 is 66.3 Å². The van der Waals surface area contributed by atoms with E-state index in [4.69, 9.17) is 17.4 Å². The van der Waals surface area contributed by atoms with Crippen molar-refractivity contribution in [3.8, 4) is 0 Å². The van der Waals surface area contributed by atoms with E-state index in [-0.39, 0.29) is 33.5 Å². The third kappa shape index (κ3) is 5.82. The Morgan fingerprint density at radius 1 is 1.08 bits per heavy atom. The number of fused-ring (bicyclic) bond motifs is 1. The first-order valence-electron chi connectivity index (χ1n) is 10.4. The fraction of sp³-hybridized carbons (Fsp3) is 0.0870. The van der Waals surface area contributed by atoms with Gasteiger partial charge in [0.1, 0.15) is 4.90 Å². The van der Waals surface area contributed by atoms with Crippen molar-refractivity contribution < 1.29 is 26.4 Å². The fourth-order valence-corrected chi connectivity index (χ4v) is 5.12. The zero-order valence-electron chi connectivity index (χ0n) is 18.6. The SMILES string of the molecule is NS(=O)(=O)c1ccccc1NC(=S)NN=C1C(=O)N(Cc2cccc(C(F)(F)F)c2)c2c(Br)cccc21. The van der Waals surface area contributed by atoms with Gasteiger partial charge in [0.05, 0.1) is 23.5 Å². The van der Waals surface area contributed by atoms with Crippen molar-refractivity contribution in [3.63, 3.8) is 0 Å². The number of hydrazone groups is 1. The molecule has 4 N–H and O–H groups in total. The van der Waals surface area contributed by atoms with Crippen LogP contribution in [-0.2, 0) is 27.5 Å². The number of nitrogens with zero attached hydrogens (tertiary/aromatic N) is 2. The van der Waals surface area contributed by atoms with E-state index in [9.17, 15) is 26.4 Å². The zero-order valence-corrected chi connectivity index (χ0v) is 21.8. The van der Waals surface area contributed by atoms with Crippen LogP contribution in [-0.4, -0.2) is 25.1 Å². The Kier molecular flexibility index (Phi) is 7.37. The molecule has 4 rings (SSSR count). The molecule has 1 aliphatic rings. The number of benzene rings is 3. The number of hydrogen-bond donors (Lipinski definition) is 3. The van der Waals surface area contributed by atoms with Crippen LogP contribution >= 0.6 is 28.1 Å². The van der Waals surface area contributed by atoms with Crippen LogP contribution in [0.25, 0.3) is 0 Å². The molecule has 1 heterocycles. The number of amides is 1. The molecule has 192 valence electrons. The summed E-state index contributed by atoms with van der Waals surface area (Å²) < 4.78 is 63.7. The van der Waals surface area contributed by atoms with E-state index in [2.05, 4.69) is 31.8 Å². The number of alkyl halides is 3. The first kappa shape index (κ1) is 26.7. The van der Waals surface area contributed by atoms with Crippen molar-refractivity contribution in [2.24, 2.45) is 10.2 Å². The Hall–Kier alpha value is -3.33. The second-order valence-electron chi connectivity index (χ2n) is 7.79. The molecule has 3 aromatic rings. The highest BCUT2D eigenvalue weighted by Crippen LogP contribution is 2.38. The number of carbonyl (C=O) groups excluding carboxylic acids is 1. The van der Waals surface area contributed by atoms with Gasteiger partial charge in [-0.05, 0) is 64.0 Å². The number of carbonyl (C=O) groups is 1. The Morgan fingerprint density at radius 2 is 1.78 bits per heavy atom. The first-order valence-corrected chi connectivity index (χ1v) is 13.1. The number of rotatable bonds is 5. The second kappa shape index (κ2) is 10.2. The van der Waals surface area contributed by atoms with Gasteiger partial charge in [-0.15, -0.1) is 0 Å². The maximum atomic E-state index is 13.3. The molecule has 0 saturated carbocycles. The van der Waals surface area contributed by atoms with E-state index in [1.807, 2.05) is 0 Å². The molecular formula is C23H17BrF3N5O3S2. The molecule has 0 aliphatic carbocycles. The normalized spacial score (nSPS) is 14.6. The number of para-hydroxylation sites is 2. The molecule has 0 spiro atoms. The molecule has 0 bridgehead atoms. The summed E-state index contributed by atoms with van der Waals surface area (Å²) in [5, 5.41) is 11.9. The van der Waals surface area contributed by atoms with Gasteiger partial charge in [-0.2, -0.15) is 18.3 Å². The summed E-state index contributed by atoms with van der Waals surface area (Å²) >= 11 is 8.59. The van der Waals surface area contributed by atoms with E-state index in [1.165, 1.54) is 35.2 Å². The van der Waals surface area contributed by atoms with Crippen molar-refractivity contribution in [2.75, 3.05) is 10.2 Å². The third-order valence-electron chi connectivity index (χ3n) is 5.27. The summed E-state index contributed by atoms with van der Waals surface area (Å²) in [7, 11) is -4.03. The second-order valence-corrected chi connectivity index (χ2v) is 10.6. The summed E-state index contributed by atoms with van der Waals surface area (Å²) in [5.41, 5.74) is 2.90. The Balaban J connectivity index is 1.61. The molecule has 0 aromatic heterocycles. The quantitative estimate of drug-likeness (QED) is 0.292. The zero-order chi connectivity index (χ0) is 27.0. The van der Waals surface area contributed by atoms with E-state index < -0.39 is 27.7 Å². The summed E-state index contributed by atoms with van der Waals surface area (Å²) in [5.74, 6) is -0.570. The summed E-state index contributed by atoms with van der Waals surface area (Å²) in [6.45, 7) is -0.137. The Bertz CT molecular complexity index is 1540. The highest BCUT2D eigenvalue weighted by Gasteiger charge is 2.36. The predicted molar refractivity (Wildman–Crippen MR) is 140 cm³/mol. The Morgan fingerprint density at radius 3 is 2.49 bits per heavy atom. The molecule has 3 aromatic carbocycles. The van der Waals surface area contributed by atoms with E-state index in [0.29, 0.717) is 15.7 Å². The number of halogens is 4. The number of nitrogens with one attached hydrogen (secondary N) is 2. The van der Waals surface area contributed by atoms with Crippen molar-refractivity contribution in [1.82, 2.24) is 5.43 Å². The predicted octanol–water partition coefficient (Wildman–Crippen LogP) is 4.35. The van der Waals surface area contributed by atoms with Gasteiger partial charge in [0.25, 0.3) is 5.91 Å². The molecule has 0 saturated heterocycles. The average Bonchev–Trinajstić information content (AvgIpc) is 3.08. The number of anilines is 2. The summed E-state index contributed by atoms with van der Waals surface area (Å²) in [6, 6.07) is 15.5. The topological polar surface area (TPSA) is 117 Å².